The zero-order chi connectivity index (χ0) is 15.6. The highest BCUT2D eigenvalue weighted by Crippen LogP contribution is 2.22. The number of aromatic carboxylic acids is 1. The molecule has 0 unspecified atom stereocenters. The first-order valence-corrected chi connectivity index (χ1v) is 7.09. The fraction of sp³-hybridized carbons (Fsp3) is 0.125. The number of aryl methyl sites for hydroxylation is 2. The summed E-state index contributed by atoms with van der Waals surface area (Å²) in [6.45, 7) is 3.70. The van der Waals surface area contributed by atoms with Crippen molar-refractivity contribution in [2.24, 2.45) is 0 Å². The van der Waals surface area contributed by atoms with Crippen LogP contribution in [0.3, 0.4) is 0 Å². The van der Waals surface area contributed by atoms with Crippen molar-refractivity contribution in [3.8, 4) is 0 Å². The van der Waals surface area contributed by atoms with Crippen molar-refractivity contribution in [3.63, 3.8) is 0 Å². The maximum absolute atomic E-state index is 12.3. The molecule has 0 bridgehead atoms. The van der Waals surface area contributed by atoms with Crippen LogP contribution in [0, 0.1) is 13.8 Å². The van der Waals surface area contributed by atoms with Crippen LogP contribution >= 0.6 is 15.9 Å². The number of hydrogen-bond donors (Lipinski definition) is 2. The summed E-state index contributed by atoms with van der Waals surface area (Å²) in [5.74, 6) is -1.23. The lowest BCUT2D eigenvalue weighted by Crippen LogP contribution is -2.13. The highest BCUT2D eigenvalue weighted by molar-refractivity contribution is 9.10. The number of hydrogen-bond acceptors (Lipinski definition) is 2. The number of carboxylic acids is 1. The molecule has 4 nitrogen and oxygen atoms in total. The number of anilines is 1. The van der Waals surface area contributed by atoms with Gasteiger partial charge in [-0.1, -0.05) is 6.07 Å². The standard InChI is InChI=1S/C16H14BrNO3/c1-9-3-5-12(13(17)7-9)15(19)18-14-6-4-11(16(20)21)8-10(14)2/h3-8H,1-2H3,(H,18,19)(H,20,21). The Morgan fingerprint density at radius 3 is 2.38 bits per heavy atom. The zero-order valence-electron chi connectivity index (χ0n) is 11.6. The summed E-state index contributed by atoms with van der Waals surface area (Å²) in [4.78, 5) is 23.2. The molecule has 2 N–H and O–H groups in total. The Morgan fingerprint density at radius 1 is 1.10 bits per heavy atom. The van der Waals surface area contributed by atoms with Crippen molar-refractivity contribution in [3.05, 3.63) is 63.1 Å². The van der Waals surface area contributed by atoms with Gasteiger partial charge in [0.1, 0.15) is 0 Å². The maximum Gasteiger partial charge on any atom is 0.335 e. The summed E-state index contributed by atoms with van der Waals surface area (Å²) in [5.41, 5.74) is 3.08. The Balaban J connectivity index is 2.25. The van der Waals surface area contributed by atoms with Crippen LogP contribution in [-0.2, 0) is 0 Å². The Kier molecular flexibility index (Phi) is 4.43. The first-order valence-electron chi connectivity index (χ1n) is 6.30. The molecule has 2 rings (SSSR count). The minimum atomic E-state index is -0.989. The van der Waals surface area contributed by atoms with E-state index in [2.05, 4.69) is 21.2 Å². The molecule has 0 saturated carbocycles. The predicted octanol–water partition coefficient (Wildman–Crippen LogP) is 4.02. The van der Waals surface area contributed by atoms with E-state index in [0.717, 1.165) is 10.0 Å². The van der Waals surface area contributed by atoms with Crippen LogP contribution in [-0.4, -0.2) is 17.0 Å². The molecule has 0 aliphatic carbocycles. The third-order valence-electron chi connectivity index (χ3n) is 3.09. The quantitative estimate of drug-likeness (QED) is 0.881. The van der Waals surface area contributed by atoms with Crippen molar-refractivity contribution in [1.29, 1.82) is 0 Å². The lowest BCUT2D eigenvalue weighted by Gasteiger charge is -2.10. The third-order valence-corrected chi connectivity index (χ3v) is 3.75. The van der Waals surface area contributed by atoms with E-state index in [0.29, 0.717) is 16.8 Å². The van der Waals surface area contributed by atoms with Crippen LogP contribution in [0.2, 0.25) is 0 Å². The average molecular weight is 348 g/mol. The van der Waals surface area contributed by atoms with Crippen molar-refractivity contribution in [2.75, 3.05) is 5.32 Å². The first-order chi connectivity index (χ1) is 9.88. The molecule has 0 heterocycles. The highest BCUT2D eigenvalue weighted by Gasteiger charge is 2.12. The van der Waals surface area contributed by atoms with E-state index in [4.69, 9.17) is 5.11 Å². The number of halogens is 1. The second-order valence-corrected chi connectivity index (χ2v) is 5.63. The molecule has 5 heteroatoms. The van der Waals surface area contributed by atoms with Crippen molar-refractivity contribution in [1.82, 2.24) is 0 Å². The molecule has 0 spiro atoms. The smallest absolute Gasteiger partial charge is 0.335 e. The second-order valence-electron chi connectivity index (χ2n) is 4.77. The summed E-state index contributed by atoms with van der Waals surface area (Å²) < 4.78 is 0.722. The van der Waals surface area contributed by atoms with Gasteiger partial charge in [0.05, 0.1) is 11.1 Å². The van der Waals surface area contributed by atoms with Crippen molar-refractivity contribution < 1.29 is 14.7 Å². The maximum atomic E-state index is 12.3. The minimum absolute atomic E-state index is 0.196. The molecule has 0 atom stereocenters. The van der Waals surface area contributed by atoms with Gasteiger partial charge in [-0.3, -0.25) is 4.79 Å². The molecule has 0 radical (unpaired) electrons. The summed E-state index contributed by atoms with van der Waals surface area (Å²) in [6, 6.07) is 10.1. The van der Waals surface area contributed by atoms with E-state index < -0.39 is 5.97 Å². The molecule has 2 aromatic rings. The molecule has 2 aromatic carbocycles. The number of carbonyl (C=O) groups excluding carboxylic acids is 1. The van der Waals surface area contributed by atoms with Gasteiger partial charge in [-0.25, -0.2) is 4.79 Å². The van der Waals surface area contributed by atoms with Gasteiger partial charge in [0.2, 0.25) is 0 Å². The molecule has 21 heavy (non-hydrogen) atoms. The zero-order valence-corrected chi connectivity index (χ0v) is 13.2. The summed E-state index contributed by atoms with van der Waals surface area (Å²) in [6.07, 6.45) is 0. The van der Waals surface area contributed by atoms with Crippen molar-refractivity contribution in [2.45, 2.75) is 13.8 Å². The molecule has 1 amide bonds. The van der Waals surface area contributed by atoms with Gasteiger partial charge in [-0.15, -0.1) is 0 Å². The van der Waals surface area contributed by atoms with Crippen LogP contribution in [0.5, 0.6) is 0 Å². The SMILES string of the molecule is Cc1ccc(C(=O)Nc2ccc(C(=O)O)cc2C)c(Br)c1. The Hall–Kier alpha value is -2.14. The minimum Gasteiger partial charge on any atom is -0.478 e. The number of nitrogens with one attached hydrogen (secondary N) is 1. The fourth-order valence-corrected chi connectivity index (χ4v) is 2.60. The van der Waals surface area contributed by atoms with Gasteiger partial charge >= 0.3 is 5.97 Å². The molecule has 0 fully saturated rings. The van der Waals surface area contributed by atoms with E-state index in [1.165, 1.54) is 12.1 Å². The van der Waals surface area contributed by atoms with Gasteiger partial charge in [0, 0.05) is 10.2 Å². The summed E-state index contributed by atoms with van der Waals surface area (Å²) >= 11 is 3.37. The topological polar surface area (TPSA) is 66.4 Å². The van der Waals surface area contributed by atoms with Crippen molar-refractivity contribution >= 4 is 33.5 Å². The van der Waals surface area contributed by atoms with Gasteiger partial charge in [-0.2, -0.15) is 0 Å². The number of carboxylic acid groups (broad SMARTS) is 1. The van der Waals surface area contributed by atoms with Gasteiger partial charge in [-0.05, 0) is 71.2 Å². The normalized spacial score (nSPS) is 10.2. The first kappa shape index (κ1) is 15.3. The number of carbonyl (C=O) groups is 2. The highest BCUT2D eigenvalue weighted by atomic mass is 79.9. The van der Waals surface area contributed by atoms with Gasteiger partial charge < -0.3 is 10.4 Å². The van der Waals surface area contributed by atoms with E-state index in [1.807, 2.05) is 19.1 Å². The van der Waals surface area contributed by atoms with Crippen LogP contribution in [0.1, 0.15) is 31.8 Å². The van der Waals surface area contributed by atoms with E-state index in [9.17, 15) is 9.59 Å². The lowest BCUT2D eigenvalue weighted by atomic mass is 10.1. The summed E-state index contributed by atoms with van der Waals surface area (Å²) in [7, 11) is 0. The molecule has 0 aliphatic heterocycles. The molecule has 108 valence electrons. The van der Waals surface area contributed by atoms with Crippen LogP contribution in [0.4, 0.5) is 5.69 Å². The number of benzene rings is 2. The van der Waals surface area contributed by atoms with E-state index >= 15 is 0 Å². The molecular weight excluding hydrogens is 334 g/mol. The van der Waals surface area contributed by atoms with Crippen LogP contribution < -0.4 is 5.32 Å². The largest absolute Gasteiger partial charge is 0.478 e. The number of rotatable bonds is 3. The van der Waals surface area contributed by atoms with E-state index in [1.54, 1.807) is 19.1 Å². The molecular formula is C16H14BrNO3. The van der Waals surface area contributed by atoms with Gasteiger partial charge in [0.15, 0.2) is 0 Å². The molecule has 0 aliphatic rings. The Bertz CT molecular complexity index is 725. The second kappa shape index (κ2) is 6.10. The molecule has 0 saturated heterocycles. The predicted molar refractivity (Wildman–Crippen MR) is 85.0 cm³/mol. The van der Waals surface area contributed by atoms with Crippen LogP contribution in [0.25, 0.3) is 0 Å². The van der Waals surface area contributed by atoms with Crippen LogP contribution in [0.15, 0.2) is 40.9 Å². The summed E-state index contributed by atoms with van der Waals surface area (Å²) in [5, 5.41) is 11.7. The monoisotopic (exact) mass is 347 g/mol. The lowest BCUT2D eigenvalue weighted by molar-refractivity contribution is 0.0696. The average Bonchev–Trinajstić information content (AvgIpc) is 2.40. The Labute approximate surface area is 130 Å². The van der Waals surface area contributed by atoms with Gasteiger partial charge in [0.25, 0.3) is 5.91 Å². The third kappa shape index (κ3) is 3.49. The van der Waals surface area contributed by atoms with E-state index in [-0.39, 0.29) is 11.5 Å². The molecule has 0 aromatic heterocycles. The number of amides is 1. The Morgan fingerprint density at radius 2 is 1.81 bits per heavy atom. The fourth-order valence-electron chi connectivity index (χ4n) is 1.93.